The van der Waals surface area contributed by atoms with Gasteiger partial charge in [-0.15, -0.1) is 6.58 Å². The molecule has 2 aromatic rings. The zero-order valence-electron chi connectivity index (χ0n) is 15.6. The van der Waals surface area contributed by atoms with Crippen LogP contribution in [0.1, 0.15) is 50.5 Å². The first kappa shape index (κ1) is 20.2. The summed E-state index contributed by atoms with van der Waals surface area (Å²) < 4.78 is 6.67. The maximum Gasteiger partial charge on any atom is 0.410 e. The lowest BCUT2D eigenvalue weighted by atomic mass is 10.0. The topological polar surface area (TPSA) is 29.5 Å². The lowest BCUT2D eigenvalue weighted by molar-refractivity contribution is 0.0123. The molecule has 138 valence electrons. The van der Waals surface area contributed by atoms with Crippen LogP contribution in [0.4, 0.5) is 4.79 Å². The molecule has 2 unspecified atom stereocenters. The molecule has 0 N–H and O–H groups in total. The summed E-state index contributed by atoms with van der Waals surface area (Å²) in [6, 6.07) is 18.0. The number of hydrogen-bond acceptors (Lipinski definition) is 2. The van der Waals surface area contributed by atoms with Gasteiger partial charge in [0.25, 0.3) is 0 Å². The summed E-state index contributed by atoms with van der Waals surface area (Å²) in [6.07, 6.45) is 0.439. The van der Waals surface area contributed by atoms with Gasteiger partial charge in [0.05, 0.1) is 6.04 Å². The fourth-order valence-corrected chi connectivity index (χ4v) is 3.04. The van der Waals surface area contributed by atoms with E-state index >= 15 is 0 Å². The average Bonchev–Trinajstić information content (AvgIpc) is 2.62. The molecule has 0 spiro atoms. The maximum absolute atomic E-state index is 12.4. The molecule has 4 heteroatoms. The van der Waals surface area contributed by atoms with E-state index in [9.17, 15) is 4.79 Å². The summed E-state index contributed by atoms with van der Waals surface area (Å²) in [6.45, 7) is 10.2. The SMILES string of the molecule is C=C(C)C.CC(c1ccc(Br)cc1)N1CCC(c2ccccc2)OC1=O. The van der Waals surface area contributed by atoms with Crippen molar-refractivity contribution >= 4 is 22.0 Å². The first-order chi connectivity index (χ1) is 12.4. The third kappa shape index (κ3) is 5.73. The standard InChI is InChI=1S/C18H18BrNO2.C4H8/c1-13(14-7-9-16(19)10-8-14)20-12-11-17(22-18(20)21)15-5-3-2-4-6-15;1-4(2)3/h2-10,13,17H,11-12H2,1H3;1H2,2-3H3. The molecule has 1 saturated heterocycles. The molecule has 3 rings (SSSR count). The molecule has 2 atom stereocenters. The van der Waals surface area contributed by atoms with Gasteiger partial charge in [-0.1, -0.05) is 64.0 Å². The Bertz CT molecular complexity index is 724. The van der Waals surface area contributed by atoms with Gasteiger partial charge in [0.2, 0.25) is 0 Å². The number of carbonyl (C=O) groups is 1. The Balaban J connectivity index is 0.000000552. The van der Waals surface area contributed by atoms with Gasteiger partial charge >= 0.3 is 6.09 Å². The van der Waals surface area contributed by atoms with Crippen LogP contribution in [0.15, 0.2) is 71.2 Å². The molecule has 0 saturated carbocycles. The van der Waals surface area contributed by atoms with Crippen molar-refractivity contribution in [2.24, 2.45) is 0 Å². The van der Waals surface area contributed by atoms with Crippen molar-refractivity contribution in [1.82, 2.24) is 4.90 Å². The minimum atomic E-state index is -0.240. The van der Waals surface area contributed by atoms with Crippen LogP contribution in [-0.4, -0.2) is 17.5 Å². The minimum absolute atomic E-state index is 0.0114. The van der Waals surface area contributed by atoms with Gasteiger partial charge in [0, 0.05) is 17.4 Å². The fourth-order valence-electron chi connectivity index (χ4n) is 2.77. The summed E-state index contributed by atoms with van der Waals surface area (Å²) >= 11 is 3.43. The van der Waals surface area contributed by atoms with E-state index in [2.05, 4.69) is 22.5 Å². The number of hydrogen-bond donors (Lipinski definition) is 0. The largest absolute Gasteiger partial charge is 0.441 e. The number of nitrogens with zero attached hydrogens (tertiary/aromatic N) is 1. The third-order valence-corrected chi connectivity index (χ3v) is 4.63. The van der Waals surface area contributed by atoms with E-state index in [-0.39, 0.29) is 18.2 Å². The predicted molar refractivity (Wildman–Crippen MR) is 110 cm³/mol. The van der Waals surface area contributed by atoms with Crippen LogP contribution in [0.5, 0.6) is 0 Å². The monoisotopic (exact) mass is 415 g/mol. The summed E-state index contributed by atoms with van der Waals surface area (Å²) in [5.41, 5.74) is 3.34. The van der Waals surface area contributed by atoms with Crippen molar-refractivity contribution in [3.8, 4) is 0 Å². The first-order valence-corrected chi connectivity index (χ1v) is 9.57. The highest BCUT2D eigenvalue weighted by Gasteiger charge is 2.31. The normalized spacial score (nSPS) is 17.6. The van der Waals surface area contributed by atoms with Crippen LogP contribution < -0.4 is 0 Å². The molecule has 3 nitrogen and oxygen atoms in total. The van der Waals surface area contributed by atoms with E-state index in [4.69, 9.17) is 4.74 Å². The van der Waals surface area contributed by atoms with Crippen LogP contribution in [0.2, 0.25) is 0 Å². The second-order valence-electron chi connectivity index (χ2n) is 6.70. The van der Waals surface area contributed by atoms with Gasteiger partial charge in [-0.05, 0) is 44.0 Å². The molecule has 26 heavy (non-hydrogen) atoms. The molecule has 1 fully saturated rings. The number of benzene rings is 2. The summed E-state index contributed by atoms with van der Waals surface area (Å²) in [5, 5.41) is 0. The first-order valence-electron chi connectivity index (χ1n) is 8.78. The molecule has 0 aromatic heterocycles. The van der Waals surface area contributed by atoms with E-state index in [0.29, 0.717) is 6.54 Å². The number of rotatable bonds is 3. The van der Waals surface area contributed by atoms with Crippen LogP contribution in [0.25, 0.3) is 0 Å². The molecule has 0 radical (unpaired) electrons. The van der Waals surface area contributed by atoms with Gasteiger partial charge in [0.1, 0.15) is 6.10 Å². The Labute approximate surface area is 164 Å². The number of allylic oxidation sites excluding steroid dienone is 1. The number of halogens is 1. The van der Waals surface area contributed by atoms with E-state index in [0.717, 1.165) is 22.0 Å². The van der Waals surface area contributed by atoms with Gasteiger partial charge in [-0.3, -0.25) is 0 Å². The average molecular weight is 416 g/mol. The van der Waals surface area contributed by atoms with Crippen LogP contribution in [0, 0.1) is 0 Å². The van der Waals surface area contributed by atoms with Crippen LogP contribution in [0.3, 0.4) is 0 Å². The molecule has 1 aliphatic heterocycles. The number of amides is 1. The van der Waals surface area contributed by atoms with Crippen molar-refractivity contribution in [2.45, 2.75) is 39.3 Å². The molecule has 0 aliphatic carbocycles. The molecular formula is C22H26BrNO2. The molecule has 1 amide bonds. The highest BCUT2D eigenvalue weighted by atomic mass is 79.9. The number of ether oxygens (including phenoxy) is 1. The van der Waals surface area contributed by atoms with Crippen molar-refractivity contribution in [3.63, 3.8) is 0 Å². The lowest BCUT2D eigenvalue weighted by Gasteiger charge is -2.36. The van der Waals surface area contributed by atoms with E-state index in [1.54, 1.807) is 4.90 Å². The Kier molecular flexibility index (Phi) is 7.46. The van der Waals surface area contributed by atoms with Crippen LogP contribution in [-0.2, 0) is 4.74 Å². The fraction of sp³-hybridized carbons (Fsp3) is 0.318. The minimum Gasteiger partial charge on any atom is -0.441 e. The maximum atomic E-state index is 12.4. The van der Waals surface area contributed by atoms with Gasteiger partial charge in [-0.2, -0.15) is 0 Å². The van der Waals surface area contributed by atoms with E-state index < -0.39 is 0 Å². The van der Waals surface area contributed by atoms with Crippen molar-refractivity contribution in [3.05, 3.63) is 82.3 Å². The lowest BCUT2D eigenvalue weighted by Crippen LogP contribution is -2.40. The summed E-state index contributed by atoms with van der Waals surface area (Å²) in [4.78, 5) is 14.1. The van der Waals surface area contributed by atoms with Gasteiger partial charge in [-0.25, -0.2) is 4.79 Å². The van der Waals surface area contributed by atoms with Crippen molar-refractivity contribution in [1.29, 1.82) is 0 Å². The molecule has 1 aliphatic rings. The second-order valence-corrected chi connectivity index (χ2v) is 7.62. The van der Waals surface area contributed by atoms with Gasteiger partial charge < -0.3 is 9.64 Å². The Morgan fingerprint density at radius 3 is 2.27 bits per heavy atom. The number of carbonyl (C=O) groups excluding carboxylic acids is 1. The molecule has 1 heterocycles. The zero-order chi connectivity index (χ0) is 19.1. The van der Waals surface area contributed by atoms with Crippen molar-refractivity contribution < 1.29 is 9.53 Å². The Morgan fingerprint density at radius 2 is 1.73 bits per heavy atom. The van der Waals surface area contributed by atoms with Gasteiger partial charge in [0.15, 0.2) is 0 Å². The van der Waals surface area contributed by atoms with E-state index in [1.165, 1.54) is 5.57 Å². The highest BCUT2D eigenvalue weighted by Crippen LogP contribution is 2.31. The predicted octanol–water partition coefficient (Wildman–Crippen LogP) is 6.68. The van der Waals surface area contributed by atoms with Crippen molar-refractivity contribution in [2.75, 3.05) is 6.54 Å². The van der Waals surface area contributed by atoms with Crippen LogP contribution >= 0.6 is 15.9 Å². The second kappa shape index (κ2) is 9.58. The third-order valence-electron chi connectivity index (χ3n) is 4.10. The smallest absolute Gasteiger partial charge is 0.410 e. The Hall–Kier alpha value is -2.07. The molecular weight excluding hydrogens is 390 g/mol. The quantitative estimate of drug-likeness (QED) is 0.523. The highest BCUT2D eigenvalue weighted by molar-refractivity contribution is 9.10. The number of cyclic esters (lactones) is 1. The Morgan fingerprint density at radius 1 is 1.15 bits per heavy atom. The summed E-state index contributed by atoms with van der Waals surface area (Å²) in [7, 11) is 0. The van der Waals surface area contributed by atoms with E-state index in [1.807, 2.05) is 75.4 Å². The zero-order valence-corrected chi connectivity index (χ0v) is 17.2. The summed E-state index contributed by atoms with van der Waals surface area (Å²) in [5.74, 6) is 0. The molecule has 2 aromatic carbocycles. The molecule has 0 bridgehead atoms.